The average molecular weight is 394 g/mol. The van der Waals surface area contributed by atoms with Crippen LogP contribution in [0.2, 0.25) is 0 Å². The van der Waals surface area contributed by atoms with Gasteiger partial charge in [-0.1, -0.05) is 13.8 Å². The number of fused-ring (bicyclic) bond motifs is 2. The molecule has 2 unspecified atom stereocenters. The van der Waals surface area contributed by atoms with Gasteiger partial charge in [-0.3, -0.25) is 4.79 Å². The number of aromatic nitrogens is 1. The Labute approximate surface area is 161 Å². The third kappa shape index (κ3) is 5.87. The van der Waals surface area contributed by atoms with E-state index in [1.165, 1.54) is 30.7 Å². The van der Waals surface area contributed by atoms with Crippen LogP contribution in [0.5, 0.6) is 0 Å². The summed E-state index contributed by atoms with van der Waals surface area (Å²) in [5.41, 5.74) is 1.11. The number of piperidine rings is 1. The van der Waals surface area contributed by atoms with Crippen molar-refractivity contribution in [3.05, 3.63) is 16.1 Å². The Morgan fingerprint density at radius 1 is 1.33 bits per heavy atom. The molecule has 3 heterocycles. The fourth-order valence-corrected chi connectivity index (χ4v) is 4.58. The highest BCUT2D eigenvalue weighted by molar-refractivity contribution is 7.09. The number of hydrogen-bond acceptors (Lipinski definition) is 4. The summed E-state index contributed by atoms with van der Waals surface area (Å²) in [5.74, 6) is 1.28. The number of rotatable bonds is 6. The first-order valence-corrected chi connectivity index (χ1v) is 9.45. The predicted octanol–water partition coefficient (Wildman–Crippen LogP) is 3.69. The zero-order valence-corrected chi connectivity index (χ0v) is 16.9. The van der Waals surface area contributed by atoms with E-state index >= 15 is 0 Å². The van der Waals surface area contributed by atoms with E-state index in [4.69, 9.17) is 0 Å². The molecule has 0 radical (unpaired) electrons. The Morgan fingerprint density at radius 2 is 2.00 bits per heavy atom. The van der Waals surface area contributed by atoms with Gasteiger partial charge in [0, 0.05) is 42.8 Å². The van der Waals surface area contributed by atoms with E-state index in [-0.39, 0.29) is 30.7 Å². The molecule has 2 fully saturated rings. The number of nitrogens with zero attached hydrogens (tertiary/aromatic N) is 1. The first kappa shape index (κ1) is 21.7. The van der Waals surface area contributed by atoms with Crippen LogP contribution in [-0.2, 0) is 11.2 Å². The van der Waals surface area contributed by atoms with Crippen molar-refractivity contribution >= 4 is 42.1 Å². The molecule has 138 valence electrons. The number of carbonyl (C=O) groups excluding carboxylic acids is 1. The van der Waals surface area contributed by atoms with Gasteiger partial charge in [-0.15, -0.1) is 36.2 Å². The van der Waals surface area contributed by atoms with Crippen molar-refractivity contribution in [1.82, 2.24) is 15.6 Å². The van der Waals surface area contributed by atoms with Crippen molar-refractivity contribution in [3.8, 4) is 0 Å². The van der Waals surface area contributed by atoms with Gasteiger partial charge in [-0.25, -0.2) is 4.98 Å². The third-order valence-electron chi connectivity index (χ3n) is 4.81. The fourth-order valence-electron chi connectivity index (χ4n) is 3.71. The fraction of sp³-hybridized carbons (Fsp3) is 0.765. The highest BCUT2D eigenvalue weighted by Gasteiger charge is 2.34. The smallest absolute Gasteiger partial charge is 0.220 e. The lowest BCUT2D eigenvalue weighted by atomic mass is 9.89. The molecule has 1 amide bonds. The van der Waals surface area contributed by atoms with Gasteiger partial charge < -0.3 is 10.6 Å². The number of nitrogens with one attached hydrogen (secondary N) is 2. The Balaban J connectivity index is 0.00000144. The van der Waals surface area contributed by atoms with Gasteiger partial charge in [0.15, 0.2) is 0 Å². The highest BCUT2D eigenvalue weighted by Crippen LogP contribution is 2.32. The van der Waals surface area contributed by atoms with Crippen LogP contribution >= 0.6 is 36.2 Å². The predicted molar refractivity (Wildman–Crippen MR) is 105 cm³/mol. The molecule has 1 aromatic heterocycles. The molecule has 3 rings (SSSR count). The minimum atomic E-state index is 0. The van der Waals surface area contributed by atoms with Crippen molar-refractivity contribution in [1.29, 1.82) is 0 Å². The van der Waals surface area contributed by atoms with Gasteiger partial charge in [0.25, 0.3) is 0 Å². The molecule has 2 bridgehead atoms. The van der Waals surface area contributed by atoms with E-state index in [2.05, 4.69) is 34.8 Å². The first-order chi connectivity index (χ1) is 10.6. The lowest BCUT2D eigenvalue weighted by Crippen LogP contribution is -2.39. The summed E-state index contributed by atoms with van der Waals surface area (Å²) in [5, 5.41) is 10.0. The molecular weight excluding hydrogens is 365 g/mol. The Kier molecular flexibility index (Phi) is 8.99. The first-order valence-electron chi connectivity index (χ1n) is 8.57. The second-order valence-electron chi connectivity index (χ2n) is 7.11. The largest absolute Gasteiger partial charge is 0.356 e. The van der Waals surface area contributed by atoms with Crippen LogP contribution in [0.15, 0.2) is 5.38 Å². The minimum absolute atomic E-state index is 0. The molecule has 4 nitrogen and oxygen atoms in total. The quantitative estimate of drug-likeness (QED) is 0.774. The van der Waals surface area contributed by atoms with Gasteiger partial charge in [0.1, 0.15) is 0 Å². The topological polar surface area (TPSA) is 54.0 Å². The minimum Gasteiger partial charge on any atom is -0.356 e. The summed E-state index contributed by atoms with van der Waals surface area (Å²) in [6, 6.07) is 1.34. The van der Waals surface area contributed by atoms with Gasteiger partial charge >= 0.3 is 0 Å². The van der Waals surface area contributed by atoms with E-state index in [9.17, 15) is 4.79 Å². The maximum absolute atomic E-state index is 12.1. The summed E-state index contributed by atoms with van der Waals surface area (Å²) in [6.45, 7) is 5.03. The Bertz CT molecular complexity index is 512. The molecule has 2 aliphatic rings. The lowest BCUT2D eigenvalue weighted by Gasteiger charge is -2.28. The van der Waals surface area contributed by atoms with E-state index < -0.39 is 0 Å². The SMILES string of the molecule is CC(C)c1nc(CCNC(=O)CC2CC3CCC(C2)N3)cs1.Cl.Cl. The monoisotopic (exact) mass is 393 g/mol. The van der Waals surface area contributed by atoms with Crippen molar-refractivity contribution in [2.75, 3.05) is 6.54 Å². The molecule has 7 heteroatoms. The van der Waals surface area contributed by atoms with Crippen molar-refractivity contribution in [3.63, 3.8) is 0 Å². The number of halogens is 2. The summed E-state index contributed by atoms with van der Waals surface area (Å²) >= 11 is 1.72. The van der Waals surface area contributed by atoms with E-state index in [0.29, 0.717) is 36.9 Å². The third-order valence-corrected chi connectivity index (χ3v) is 6.01. The van der Waals surface area contributed by atoms with E-state index in [1.807, 2.05) is 0 Å². The molecule has 0 aliphatic carbocycles. The normalized spacial score (nSPS) is 25.0. The molecule has 0 aromatic carbocycles. The Morgan fingerprint density at radius 3 is 2.58 bits per heavy atom. The van der Waals surface area contributed by atoms with Crippen LogP contribution in [-0.4, -0.2) is 29.5 Å². The maximum atomic E-state index is 12.1. The van der Waals surface area contributed by atoms with Crippen molar-refractivity contribution in [2.45, 2.75) is 70.4 Å². The highest BCUT2D eigenvalue weighted by atomic mass is 35.5. The van der Waals surface area contributed by atoms with Gasteiger partial charge in [0.05, 0.1) is 10.7 Å². The summed E-state index contributed by atoms with van der Waals surface area (Å²) in [4.78, 5) is 16.7. The zero-order valence-electron chi connectivity index (χ0n) is 14.4. The molecule has 2 aliphatic heterocycles. The second kappa shape index (κ2) is 9.95. The number of amides is 1. The van der Waals surface area contributed by atoms with Crippen molar-refractivity contribution < 1.29 is 4.79 Å². The van der Waals surface area contributed by atoms with Crippen molar-refractivity contribution in [2.24, 2.45) is 5.92 Å². The zero-order chi connectivity index (χ0) is 15.5. The summed E-state index contributed by atoms with van der Waals surface area (Å²) < 4.78 is 0. The molecular formula is C17H29Cl2N3OS. The molecule has 2 saturated heterocycles. The average Bonchev–Trinajstić information content (AvgIpc) is 3.06. The van der Waals surface area contributed by atoms with E-state index in [1.54, 1.807) is 11.3 Å². The van der Waals surface area contributed by atoms with Crippen LogP contribution in [0.4, 0.5) is 0 Å². The van der Waals surface area contributed by atoms with Gasteiger partial charge in [0.2, 0.25) is 5.91 Å². The van der Waals surface area contributed by atoms with Gasteiger partial charge in [-0.05, 0) is 31.6 Å². The molecule has 2 N–H and O–H groups in total. The molecule has 0 saturated carbocycles. The van der Waals surface area contributed by atoms with Crippen LogP contribution in [0, 0.1) is 5.92 Å². The van der Waals surface area contributed by atoms with Crippen LogP contribution in [0.1, 0.15) is 62.6 Å². The number of carbonyl (C=O) groups is 1. The number of thiazole rings is 1. The van der Waals surface area contributed by atoms with Crippen LogP contribution < -0.4 is 10.6 Å². The molecule has 2 atom stereocenters. The molecule has 24 heavy (non-hydrogen) atoms. The number of hydrogen-bond donors (Lipinski definition) is 2. The lowest BCUT2D eigenvalue weighted by molar-refractivity contribution is -0.122. The molecule has 1 aromatic rings. The van der Waals surface area contributed by atoms with Gasteiger partial charge in [-0.2, -0.15) is 0 Å². The van der Waals surface area contributed by atoms with Crippen LogP contribution in [0.25, 0.3) is 0 Å². The standard InChI is InChI=1S/C17H27N3OS.2ClH/c1-11(2)17-20-15(10-22-17)5-6-18-16(21)9-12-7-13-3-4-14(8-12)19-13;;/h10-14,19H,3-9H2,1-2H3,(H,18,21);2*1H. The van der Waals surface area contributed by atoms with Crippen LogP contribution in [0.3, 0.4) is 0 Å². The maximum Gasteiger partial charge on any atom is 0.220 e. The second-order valence-corrected chi connectivity index (χ2v) is 8.00. The summed E-state index contributed by atoms with van der Waals surface area (Å²) in [6.07, 6.45) is 6.48. The van der Waals surface area contributed by atoms with E-state index in [0.717, 1.165) is 12.1 Å². The Hall–Kier alpha value is -0.360. The molecule has 0 spiro atoms. The summed E-state index contributed by atoms with van der Waals surface area (Å²) in [7, 11) is 0.